The maximum absolute atomic E-state index is 12.4. The van der Waals surface area contributed by atoms with E-state index in [1.165, 1.54) is 0 Å². The first-order valence-electron chi connectivity index (χ1n) is 9.35. The molecule has 0 radical (unpaired) electrons. The molecular weight excluding hydrogens is 360 g/mol. The smallest absolute Gasteiger partial charge is 0.290 e. The van der Waals surface area contributed by atoms with Crippen LogP contribution in [-0.4, -0.2) is 80.7 Å². The Morgan fingerprint density at radius 1 is 1.04 bits per heavy atom. The zero-order valence-corrected chi connectivity index (χ0v) is 16.0. The van der Waals surface area contributed by atoms with Crippen LogP contribution in [0.3, 0.4) is 0 Å². The van der Waals surface area contributed by atoms with Gasteiger partial charge in [-0.15, -0.1) is 0 Å². The lowest BCUT2D eigenvalue weighted by Gasteiger charge is -2.39. The summed E-state index contributed by atoms with van der Waals surface area (Å²) in [5.74, 6) is 0.630. The van der Waals surface area contributed by atoms with Gasteiger partial charge in [-0.05, 0) is 51.6 Å². The third-order valence-electron chi connectivity index (χ3n) is 5.51. The summed E-state index contributed by atoms with van der Waals surface area (Å²) in [7, 11) is -2.86. The van der Waals surface area contributed by atoms with E-state index in [0.29, 0.717) is 18.9 Å². The quantitative estimate of drug-likeness (QED) is 0.665. The maximum atomic E-state index is 12.4. The molecule has 0 bridgehead atoms. The summed E-state index contributed by atoms with van der Waals surface area (Å²) in [6.45, 7) is 3.44. The van der Waals surface area contributed by atoms with E-state index >= 15 is 0 Å². The van der Waals surface area contributed by atoms with Crippen LogP contribution in [0.5, 0.6) is 0 Å². The minimum Gasteiger partial charge on any atom is -0.483 e. The second-order valence-electron chi connectivity index (χ2n) is 7.19. The molecule has 0 spiro atoms. The van der Waals surface area contributed by atoms with Crippen LogP contribution in [-0.2, 0) is 24.2 Å². The largest absolute Gasteiger partial charge is 0.483 e. The van der Waals surface area contributed by atoms with Crippen LogP contribution in [0, 0.1) is 5.92 Å². The number of carboxylic acid groups (broad SMARTS) is 1. The van der Waals surface area contributed by atoms with Crippen molar-refractivity contribution in [1.29, 1.82) is 0 Å². The molecule has 26 heavy (non-hydrogen) atoms. The van der Waals surface area contributed by atoms with Gasteiger partial charge in [0, 0.05) is 31.2 Å². The molecule has 3 saturated heterocycles. The molecule has 0 aromatic carbocycles. The molecule has 1 amide bonds. The van der Waals surface area contributed by atoms with Crippen molar-refractivity contribution in [2.24, 2.45) is 5.92 Å². The molecular formula is C17H30N2O6S. The van der Waals surface area contributed by atoms with Gasteiger partial charge in [-0.2, -0.15) is 0 Å². The van der Waals surface area contributed by atoms with Crippen LogP contribution in [0.15, 0.2) is 0 Å². The van der Waals surface area contributed by atoms with E-state index in [0.717, 1.165) is 52.0 Å². The van der Waals surface area contributed by atoms with Crippen LogP contribution in [0.25, 0.3) is 0 Å². The van der Waals surface area contributed by atoms with Gasteiger partial charge in [0.05, 0.1) is 11.5 Å². The summed E-state index contributed by atoms with van der Waals surface area (Å²) in [6, 6.07) is 0.663. The summed E-state index contributed by atoms with van der Waals surface area (Å²) in [5.41, 5.74) is 0. The van der Waals surface area contributed by atoms with Gasteiger partial charge in [-0.3, -0.25) is 9.59 Å². The summed E-state index contributed by atoms with van der Waals surface area (Å²) in [6.07, 6.45) is 5.16. The molecule has 0 saturated carbocycles. The summed E-state index contributed by atoms with van der Waals surface area (Å²) < 4.78 is 28.3. The molecule has 3 fully saturated rings. The van der Waals surface area contributed by atoms with Gasteiger partial charge in [0.2, 0.25) is 5.91 Å². The highest BCUT2D eigenvalue weighted by atomic mass is 32.2. The normalized spacial score (nSPS) is 25.7. The molecule has 150 valence electrons. The molecule has 0 aromatic heterocycles. The van der Waals surface area contributed by atoms with Crippen molar-refractivity contribution in [2.45, 2.75) is 50.6 Å². The lowest BCUT2D eigenvalue weighted by molar-refractivity contribution is -0.127. The summed E-state index contributed by atoms with van der Waals surface area (Å²) in [5, 5.41) is 9.97. The Kier molecular flexibility index (Phi) is 8.30. The lowest BCUT2D eigenvalue weighted by atomic mass is 9.93. The second-order valence-corrected chi connectivity index (χ2v) is 9.50. The minimum absolute atomic E-state index is 0.0412. The number of nitrogens with zero attached hydrogens (tertiary/aromatic N) is 1. The van der Waals surface area contributed by atoms with Crippen LogP contribution in [0.4, 0.5) is 0 Å². The molecule has 0 unspecified atom stereocenters. The van der Waals surface area contributed by atoms with E-state index in [1.807, 2.05) is 0 Å². The fourth-order valence-electron chi connectivity index (χ4n) is 3.93. The van der Waals surface area contributed by atoms with Gasteiger partial charge in [0.1, 0.15) is 9.84 Å². The Bertz CT molecular complexity index is 540. The van der Waals surface area contributed by atoms with Gasteiger partial charge in [0.15, 0.2) is 0 Å². The van der Waals surface area contributed by atoms with Crippen molar-refractivity contribution >= 4 is 22.2 Å². The number of piperidine rings is 1. The lowest BCUT2D eigenvalue weighted by Crippen LogP contribution is -2.48. The number of ether oxygens (including phenoxy) is 1. The van der Waals surface area contributed by atoms with E-state index in [-0.39, 0.29) is 35.8 Å². The molecule has 3 aliphatic rings. The molecule has 2 N–H and O–H groups in total. The van der Waals surface area contributed by atoms with Crippen LogP contribution in [0.2, 0.25) is 0 Å². The van der Waals surface area contributed by atoms with Crippen molar-refractivity contribution in [3.8, 4) is 0 Å². The molecule has 3 aliphatic heterocycles. The SMILES string of the molecule is O=C(NC1CCS(=O)(=O)CC1)C1CCN(C2CCOCC2)CC1.O=CO. The van der Waals surface area contributed by atoms with Crippen LogP contribution < -0.4 is 5.32 Å². The zero-order valence-electron chi connectivity index (χ0n) is 15.1. The topological polar surface area (TPSA) is 113 Å². The zero-order chi connectivity index (χ0) is 19.0. The average Bonchev–Trinajstić information content (AvgIpc) is 2.65. The molecule has 3 heterocycles. The maximum Gasteiger partial charge on any atom is 0.290 e. The Morgan fingerprint density at radius 2 is 1.58 bits per heavy atom. The summed E-state index contributed by atoms with van der Waals surface area (Å²) >= 11 is 0. The van der Waals surface area contributed by atoms with E-state index in [4.69, 9.17) is 14.6 Å². The Morgan fingerprint density at radius 3 is 2.12 bits per heavy atom. The van der Waals surface area contributed by atoms with Crippen LogP contribution >= 0.6 is 0 Å². The fourth-order valence-corrected chi connectivity index (χ4v) is 5.42. The van der Waals surface area contributed by atoms with Crippen molar-refractivity contribution in [2.75, 3.05) is 37.8 Å². The predicted molar refractivity (Wildman–Crippen MR) is 96.6 cm³/mol. The van der Waals surface area contributed by atoms with Crippen molar-refractivity contribution in [1.82, 2.24) is 10.2 Å². The third kappa shape index (κ3) is 6.51. The molecule has 0 aromatic rings. The van der Waals surface area contributed by atoms with E-state index in [9.17, 15) is 13.2 Å². The molecule has 3 rings (SSSR count). The standard InChI is InChI=1S/C16H28N2O4S.CH2O2/c19-16(17-14-5-11-23(20,21)12-6-14)13-1-7-18(8-2-13)15-3-9-22-10-4-15;2-1-3/h13-15H,1-12H2,(H,17,19);1H,(H,2,3). The van der Waals surface area contributed by atoms with E-state index < -0.39 is 9.84 Å². The first kappa shape index (κ1) is 21.1. The van der Waals surface area contributed by atoms with Gasteiger partial charge in [-0.1, -0.05) is 0 Å². The van der Waals surface area contributed by atoms with Crippen molar-refractivity contribution in [3.05, 3.63) is 0 Å². The van der Waals surface area contributed by atoms with Gasteiger partial charge >= 0.3 is 0 Å². The highest BCUT2D eigenvalue weighted by Crippen LogP contribution is 2.24. The number of amides is 1. The highest BCUT2D eigenvalue weighted by Gasteiger charge is 2.31. The molecule has 8 nitrogen and oxygen atoms in total. The fraction of sp³-hybridized carbons (Fsp3) is 0.882. The number of hydrogen-bond acceptors (Lipinski definition) is 6. The Balaban J connectivity index is 0.000000758. The van der Waals surface area contributed by atoms with Crippen molar-refractivity contribution in [3.63, 3.8) is 0 Å². The monoisotopic (exact) mass is 390 g/mol. The Hall–Kier alpha value is -1.19. The average molecular weight is 391 g/mol. The highest BCUT2D eigenvalue weighted by molar-refractivity contribution is 7.91. The molecule has 0 aliphatic carbocycles. The van der Waals surface area contributed by atoms with Gasteiger partial charge in [0.25, 0.3) is 6.47 Å². The third-order valence-corrected chi connectivity index (χ3v) is 7.22. The number of hydrogen-bond donors (Lipinski definition) is 2. The number of sulfone groups is 1. The predicted octanol–water partition coefficient (Wildman–Crippen LogP) is 0.272. The first-order valence-corrected chi connectivity index (χ1v) is 11.2. The van der Waals surface area contributed by atoms with Crippen molar-refractivity contribution < 1.29 is 27.9 Å². The van der Waals surface area contributed by atoms with E-state index in [2.05, 4.69) is 10.2 Å². The first-order chi connectivity index (χ1) is 12.4. The molecule has 0 atom stereocenters. The number of carbonyl (C=O) groups is 2. The van der Waals surface area contributed by atoms with E-state index in [1.54, 1.807) is 0 Å². The van der Waals surface area contributed by atoms with Crippen LogP contribution in [0.1, 0.15) is 38.5 Å². The number of rotatable bonds is 3. The number of likely N-dealkylation sites (tertiary alicyclic amines) is 1. The summed E-state index contributed by atoms with van der Waals surface area (Å²) in [4.78, 5) is 23.3. The minimum atomic E-state index is -2.86. The Labute approximate surface area is 155 Å². The molecule has 9 heteroatoms. The van der Waals surface area contributed by atoms with Gasteiger partial charge in [-0.25, -0.2) is 8.42 Å². The van der Waals surface area contributed by atoms with Gasteiger partial charge < -0.3 is 20.1 Å². The second kappa shape index (κ2) is 10.2. The number of carbonyl (C=O) groups excluding carboxylic acids is 1. The number of nitrogens with one attached hydrogen (secondary N) is 1.